The summed E-state index contributed by atoms with van der Waals surface area (Å²) in [4.78, 5) is 20.3. The van der Waals surface area contributed by atoms with Gasteiger partial charge in [0.15, 0.2) is 0 Å². The summed E-state index contributed by atoms with van der Waals surface area (Å²) in [5, 5.41) is 17.0. The number of carbonyl (C=O) groups excluding carboxylic acids is 1. The molecule has 0 spiro atoms. The molecule has 5 heteroatoms. The number of amides is 1. The van der Waals surface area contributed by atoms with Gasteiger partial charge in [0.1, 0.15) is 0 Å². The molecule has 0 radical (unpaired) electrons. The van der Waals surface area contributed by atoms with E-state index in [2.05, 4.69) is 38.2 Å². The Kier molecular flexibility index (Phi) is 5.55. The fourth-order valence-corrected chi connectivity index (χ4v) is 2.16. The first-order valence-electron chi connectivity index (χ1n) is 6.57. The standard InChI is InChI=1S/C14H19NO.CH2O3/c1-9-6-10(2)13(11(3)7-9)8-14(16)15-12-4-5-12;2-1(3)4/h6-7,12H,4-5,8H2,1-3H3,(H,15,16);(H2,2,3,4). The molecule has 20 heavy (non-hydrogen) atoms. The topological polar surface area (TPSA) is 86.6 Å². The second-order valence-electron chi connectivity index (χ2n) is 5.18. The molecule has 1 aromatic rings. The van der Waals surface area contributed by atoms with Crippen molar-refractivity contribution in [3.63, 3.8) is 0 Å². The van der Waals surface area contributed by atoms with Gasteiger partial charge in [-0.3, -0.25) is 4.79 Å². The number of carbonyl (C=O) groups is 2. The number of carboxylic acid groups (broad SMARTS) is 2. The van der Waals surface area contributed by atoms with Crippen molar-refractivity contribution in [1.29, 1.82) is 0 Å². The first-order chi connectivity index (χ1) is 9.29. The molecular formula is C15H21NO4. The third-order valence-corrected chi connectivity index (χ3v) is 3.12. The predicted molar refractivity (Wildman–Crippen MR) is 76.2 cm³/mol. The van der Waals surface area contributed by atoms with Crippen molar-refractivity contribution in [3.05, 3.63) is 34.4 Å². The smallest absolute Gasteiger partial charge is 0.450 e. The lowest BCUT2D eigenvalue weighted by Crippen LogP contribution is -2.27. The Bertz CT molecular complexity index is 480. The maximum absolute atomic E-state index is 11.7. The summed E-state index contributed by atoms with van der Waals surface area (Å²) in [5.41, 5.74) is 4.90. The van der Waals surface area contributed by atoms with Crippen LogP contribution in [-0.4, -0.2) is 28.3 Å². The van der Waals surface area contributed by atoms with Crippen molar-refractivity contribution in [1.82, 2.24) is 5.32 Å². The van der Waals surface area contributed by atoms with Gasteiger partial charge >= 0.3 is 6.16 Å². The highest BCUT2D eigenvalue weighted by atomic mass is 16.6. The third kappa shape index (κ3) is 5.73. The molecule has 110 valence electrons. The van der Waals surface area contributed by atoms with Gasteiger partial charge in [-0.25, -0.2) is 4.79 Å². The number of aryl methyl sites for hydroxylation is 3. The van der Waals surface area contributed by atoms with Crippen LogP contribution in [0.2, 0.25) is 0 Å². The number of benzene rings is 1. The van der Waals surface area contributed by atoms with Crippen LogP contribution in [0, 0.1) is 20.8 Å². The summed E-state index contributed by atoms with van der Waals surface area (Å²) >= 11 is 0. The average Bonchev–Trinajstić information content (AvgIpc) is 3.06. The van der Waals surface area contributed by atoms with E-state index in [0.717, 1.165) is 12.8 Å². The monoisotopic (exact) mass is 279 g/mol. The van der Waals surface area contributed by atoms with Crippen molar-refractivity contribution in [3.8, 4) is 0 Å². The highest BCUT2D eigenvalue weighted by Gasteiger charge is 2.23. The van der Waals surface area contributed by atoms with E-state index in [1.54, 1.807) is 0 Å². The number of hydrogen-bond acceptors (Lipinski definition) is 2. The van der Waals surface area contributed by atoms with Crippen LogP contribution < -0.4 is 5.32 Å². The van der Waals surface area contributed by atoms with Gasteiger partial charge in [-0.1, -0.05) is 17.7 Å². The first kappa shape index (κ1) is 16.0. The van der Waals surface area contributed by atoms with Gasteiger partial charge in [-0.15, -0.1) is 0 Å². The molecule has 0 bridgehead atoms. The van der Waals surface area contributed by atoms with Gasteiger partial charge in [-0.05, 0) is 50.3 Å². The van der Waals surface area contributed by atoms with Crippen molar-refractivity contribution in [2.75, 3.05) is 0 Å². The minimum atomic E-state index is -1.83. The van der Waals surface area contributed by atoms with E-state index in [-0.39, 0.29) is 5.91 Å². The van der Waals surface area contributed by atoms with Crippen molar-refractivity contribution in [2.45, 2.75) is 46.1 Å². The molecule has 0 aromatic heterocycles. The Labute approximate surface area is 118 Å². The number of hydrogen-bond donors (Lipinski definition) is 3. The molecule has 0 atom stereocenters. The van der Waals surface area contributed by atoms with Crippen LogP contribution in [0.3, 0.4) is 0 Å². The molecule has 2 rings (SSSR count). The van der Waals surface area contributed by atoms with Crippen LogP contribution >= 0.6 is 0 Å². The van der Waals surface area contributed by atoms with Crippen LogP contribution in [0.4, 0.5) is 4.79 Å². The van der Waals surface area contributed by atoms with Crippen molar-refractivity contribution >= 4 is 12.1 Å². The van der Waals surface area contributed by atoms with E-state index in [0.29, 0.717) is 12.5 Å². The normalized spacial score (nSPS) is 13.2. The summed E-state index contributed by atoms with van der Waals surface area (Å²) in [6.07, 6.45) is 0.990. The highest BCUT2D eigenvalue weighted by molar-refractivity contribution is 5.80. The van der Waals surface area contributed by atoms with Crippen molar-refractivity contribution < 1.29 is 19.8 Å². The van der Waals surface area contributed by atoms with E-state index in [1.807, 2.05) is 0 Å². The Morgan fingerprint density at radius 3 is 2.00 bits per heavy atom. The van der Waals surface area contributed by atoms with Gasteiger partial charge in [0.2, 0.25) is 5.91 Å². The van der Waals surface area contributed by atoms with E-state index in [9.17, 15) is 4.79 Å². The zero-order chi connectivity index (χ0) is 15.3. The largest absolute Gasteiger partial charge is 0.503 e. The minimum absolute atomic E-state index is 0.164. The van der Waals surface area contributed by atoms with E-state index in [1.165, 1.54) is 22.3 Å². The molecule has 0 unspecified atom stereocenters. The quantitative estimate of drug-likeness (QED) is 0.794. The average molecular weight is 279 g/mol. The Hall–Kier alpha value is -2.04. The molecule has 3 N–H and O–H groups in total. The van der Waals surface area contributed by atoms with Gasteiger partial charge < -0.3 is 15.5 Å². The van der Waals surface area contributed by atoms with Crippen LogP contribution in [0.1, 0.15) is 35.1 Å². The third-order valence-electron chi connectivity index (χ3n) is 3.12. The predicted octanol–water partition coefficient (Wildman–Crippen LogP) is 2.66. The van der Waals surface area contributed by atoms with E-state index < -0.39 is 6.16 Å². The molecule has 0 heterocycles. The summed E-state index contributed by atoms with van der Waals surface area (Å²) in [7, 11) is 0. The number of rotatable bonds is 3. The second kappa shape index (κ2) is 6.93. The SMILES string of the molecule is Cc1cc(C)c(CC(=O)NC2CC2)c(C)c1.O=C(O)O. The van der Waals surface area contributed by atoms with Crippen LogP contribution in [-0.2, 0) is 11.2 Å². The molecule has 1 aliphatic rings. The molecule has 0 aliphatic heterocycles. The zero-order valence-corrected chi connectivity index (χ0v) is 12.1. The Morgan fingerprint density at radius 1 is 1.15 bits per heavy atom. The summed E-state index contributed by atoms with van der Waals surface area (Å²) in [5.74, 6) is 0.164. The van der Waals surface area contributed by atoms with Gasteiger partial charge in [0.05, 0.1) is 6.42 Å². The Morgan fingerprint density at radius 2 is 1.60 bits per heavy atom. The van der Waals surface area contributed by atoms with E-state index >= 15 is 0 Å². The molecule has 1 amide bonds. The van der Waals surface area contributed by atoms with Crippen LogP contribution in [0.25, 0.3) is 0 Å². The molecule has 1 saturated carbocycles. The lowest BCUT2D eigenvalue weighted by molar-refractivity contribution is -0.120. The summed E-state index contributed by atoms with van der Waals surface area (Å²) in [6, 6.07) is 4.75. The van der Waals surface area contributed by atoms with Crippen molar-refractivity contribution in [2.24, 2.45) is 0 Å². The Balaban J connectivity index is 0.000000444. The summed E-state index contributed by atoms with van der Waals surface area (Å²) < 4.78 is 0. The molecule has 5 nitrogen and oxygen atoms in total. The maximum atomic E-state index is 11.7. The molecule has 0 saturated heterocycles. The van der Waals surface area contributed by atoms with Gasteiger partial charge in [-0.2, -0.15) is 0 Å². The van der Waals surface area contributed by atoms with Gasteiger partial charge in [0, 0.05) is 6.04 Å². The second-order valence-corrected chi connectivity index (χ2v) is 5.18. The first-order valence-corrected chi connectivity index (χ1v) is 6.57. The van der Waals surface area contributed by atoms with Crippen LogP contribution in [0.5, 0.6) is 0 Å². The molecule has 1 aliphatic carbocycles. The van der Waals surface area contributed by atoms with Gasteiger partial charge in [0.25, 0.3) is 0 Å². The fourth-order valence-electron chi connectivity index (χ4n) is 2.16. The summed E-state index contributed by atoms with van der Waals surface area (Å²) in [6.45, 7) is 6.26. The minimum Gasteiger partial charge on any atom is -0.450 e. The van der Waals surface area contributed by atoms with Crippen LogP contribution in [0.15, 0.2) is 12.1 Å². The zero-order valence-electron chi connectivity index (χ0n) is 12.1. The fraction of sp³-hybridized carbons (Fsp3) is 0.467. The maximum Gasteiger partial charge on any atom is 0.503 e. The highest BCUT2D eigenvalue weighted by Crippen LogP contribution is 2.20. The van der Waals surface area contributed by atoms with E-state index in [4.69, 9.17) is 15.0 Å². The molecule has 1 fully saturated rings. The molecular weight excluding hydrogens is 258 g/mol. The lowest BCUT2D eigenvalue weighted by atomic mass is 9.97. The molecule has 1 aromatic carbocycles. The number of nitrogens with one attached hydrogen (secondary N) is 1. The lowest BCUT2D eigenvalue weighted by Gasteiger charge is -2.11.